The fraction of sp³-hybridized carbons (Fsp3) is 0.600. The summed E-state index contributed by atoms with van der Waals surface area (Å²) in [5.74, 6) is 0. The molecule has 1 N–H and O–H groups in total. The highest BCUT2D eigenvalue weighted by atomic mass is 16.5. The van der Waals surface area contributed by atoms with Crippen molar-refractivity contribution in [1.82, 2.24) is 0 Å². The molecule has 70 valence electrons. The SMILES string of the molecule is C=CC(C=C)OCC(O)CCC. The lowest BCUT2D eigenvalue weighted by molar-refractivity contribution is 0.0220. The molecule has 0 amide bonds. The molecule has 0 rings (SSSR count). The van der Waals surface area contributed by atoms with Crippen LogP contribution in [0.15, 0.2) is 25.3 Å². The summed E-state index contributed by atoms with van der Waals surface area (Å²) in [5.41, 5.74) is 0. The van der Waals surface area contributed by atoms with Crippen LogP contribution in [0.2, 0.25) is 0 Å². The van der Waals surface area contributed by atoms with E-state index < -0.39 is 0 Å². The molecule has 0 saturated carbocycles. The van der Waals surface area contributed by atoms with Crippen LogP contribution >= 0.6 is 0 Å². The minimum absolute atomic E-state index is 0.142. The molecule has 0 heterocycles. The minimum atomic E-state index is -0.364. The van der Waals surface area contributed by atoms with E-state index >= 15 is 0 Å². The molecule has 0 aromatic heterocycles. The Morgan fingerprint density at radius 1 is 1.42 bits per heavy atom. The second kappa shape index (κ2) is 7.07. The third-order valence-corrected chi connectivity index (χ3v) is 1.57. The van der Waals surface area contributed by atoms with Crippen LogP contribution in [0.3, 0.4) is 0 Å². The summed E-state index contributed by atoms with van der Waals surface area (Å²) in [7, 11) is 0. The van der Waals surface area contributed by atoms with Crippen LogP contribution in [-0.4, -0.2) is 23.9 Å². The van der Waals surface area contributed by atoms with Gasteiger partial charge in [-0.05, 0) is 6.42 Å². The van der Waals surface area contributed by atoms with Gasteiger partial charge in [-0.2, -0.15) is 0 Å². The summed E-state index contributed by atoms with van der Waals surface area (Å²) in [5, 5.41) is 9.30. The van der Waals surface area contributed by atoms with Gasteiger partial charge >= 0.3 is 0 Å². The van der Waals surface area contributed by atoms with Crippen molar-refractivity contribution in [2.24, 2.45) is 0 Å². The molecule has 0 aliphatic heterocycles. The van der Waals surface area contributed by atoms with E-state index in [9.17, 15) is 5.11 Å². The average Bonchev–Trinajstić information content (AvgIpc) is 2.07. The third-order valence-electron chi connectivity index (χ3n) is 1.57. The summed E-state index contributed by atoms with van der Waals surface area (Å²) < 4.78 is 5.27. The van der Waals surface area contributed by atoms with Gasteiger partial charge in [0.05, 0.1) is 18.8 Å². The molecule has 1 unspecified atom stereocenters. The van der Waals surface area contributed by atoms with Crippen LogP contribution in [0, 0.1) is 0 Å². The fourth-order valence-corrected chi connectivity index (χ4v) is 0.871. The molecule has 2 heteroatoms. The second-order valence-electron chi connectivity index (χ2n) is 2.71. The Morgan fingerprint density at radius 2 is 2.00 bits per heavy atom. The Morgan fingerprint density at radius 3 is 2.42 bits per heavy atom. The van der Waals surface area contributed by atoms with E-state index in [-0.39, 0.29) is 12.2 Å². The lowest BCUT2D eigenvalue weighted by atomic mass is 10.2. The Bertz CT molecular complexity index is 124. The Balaban J connectivity index is 3.50. The fourth-order valence-electron chi connectivity index (χ4n) is 0.871. The van der Waals surface area contributed by atoms with Gasteiger partial charge in [-0.25, -0.2) is 0 Å². The first-order valence-electron chi connectivity index (χ1n) is 4.29. The van der Waals surface area contributed by atoms with Crippen molar-refractivity contribution in [3.8, 4) is 0 Å². The summed E-state index contributed by atoms with van der Waals surface area (Å²) in [6.45, 7) is 9.54. The Kier molecular flexibility index (Phi) is 6.72. The van der Waals surface area contributed by atoms with E-state index in [4.69, 9.17) is 4.74 Å². The van der Waals surface area contributed by atoms with Crippen molar-refractivity contribution in [3.05, 3.63) is 25.3 Å². The van der Waals surface area contributed by atoms with E-state index in [1.165, 1.54) is 0 Å². The molecule has 0 fully saturated rings. The van der Waals surface area contributed by atoms with Gasteiger partial charge < -0.3 is 9.84 Å². The molecule has 0 spiro atoms. The van der Waals surface area contributed by atoms with Crippen LogP contribution in [0.4, 0.5) is 0 Å². The van der Waals surface area contributed by atoms with Crippen molar-refractivity contribution in [2.45, 2.75) is 32.0 Å². The standard InChI is InChI=1S/C10H18O2/c1-4-7-9(11)8-12-10(5-2)6-3/h5-6,9-11H,2-4,7-8H2,1H3. The van der Waals surface area contributed by atoms with Gasteiger partial charge in [0.1, 0.15) is 0 Å². The van der Waals surface area contributed by atoms with Crippen LogP contribution in [0.1, 0.15) is 19.8 Å². The Labute approximate surface area is 74.6 Å². The van der Waals surface area contributed by atoms with Gasteiger partial charge in [-0.15, -0.1) is 13.2 Å². The molecule has 1 atom stereocenters. The molecule has 0 aromatic rings. The molecular formula is C10H18O2. The minimum Gasteiger partial charge on any atom is -0.391 e. The van der Waals surface area contributed by atoms with Gasteiger partial charge in [-0.1, -0.05) is 25.5 Å². The maximum Gasteiger partial charge on any atom is 0.0933 e. The summed E-state index contributed by atoms with van der Waals surface area (Å²) >= 11 is 0. The highest BCUT2D eigenvalue weighted by molar-refractivity contribution is 4.93. The first kappa shape index (κ1) is 11.4. The van der Waals surface area contributed by atoms with Gasteiger partial charge in [-0.3, -0.25) is 0 Å². The highest BCUT2D eigenvalue weighted by Crippen LogP contribution is 2.00. The smallest absolute Gasteiger partial charge is 0.0933 e. The summed E-state index contributed by atoms with van der Waals surface area (Å²) in [6.07, 6.45) is 4.56. The molecule has 2 nitrogen and oxygen atoms in total. The monoisotopic (exact) mass is 170 g/mol. The topological polar surface area (TPSA) is 29.5 Å². The van der Waals surface area contributed by atoms with E-state index in [0.29, 0.717) is 6.61 Å². The Hall–Kier alpha value is -0.600. The molecule has 0 bridgehead atoms. The number of rotatable bonds is 7. The number of aliphatic hydroxyl groups is 1. The highest BCUT2D eigenvalue weighted by Gasteiger charge is 2.04. The van der Waals surface area contributed by atoms with Crippen LogP contribution < -0.4 is 0 Å². The maximum absolute atomic E-state index is 9.30. The number of aliphatic hydroxyl groups excluding tert-OH is 1. The molecule has 0 aliphatic carbocycles. The average molecular weight is 170 g/mol. The largest absolute Gasteiger partial charge is 0.391 e. The predicted octanol–water partition coefficient (Wildman–Crippen LogP) is 1.90. The van der Waals surface area contributed by atoms with Gasteiger partial charge in [0.2, 0.25) is 0 Å². The van der Waals surface area contributed by atoms with Gasteiger partial charge in [0, 0.05) is 0 Å². The van der Waals surface area contributed by atoms with Crippen molar-refractivity contribution in [1.29, 1.82) is 0 Å². The first-order chi connectivity index (χ1) is 5.74. The summed E-state index contributed by atoms with van der Waals surface area (Å²) in [4.78, 5) is 0. The van der Waals surface area contributed by atoms with Crippen LogP contribution in [0.5, 0.6) is 0 Å². The molecule has 12 heavy (non-hydrogen) atoms. The van der Waals surface area contributed by atoms with E-state index in [1.54, 1.807) is 12.2 Å². The molecule has 0 radical (unpaired) electrons. The number of hydrogen-bond acceptors (Lipinski definition) is 2. The zero-order valence-corrected chi connectivity index (χ0v) is 7.70. The second-order valence-corrected chi connectivity index (χ2v) is 2.71. The molecular weight excluding hydrogens is 152 g/mol. The van der Waals surface area contributed by atoms with Crippen molar-refractivity contribution in [3.63, 3.8) is 0 Å². The zero-order chi connectivity index (χ0) is 9.40. The van der Waals surface area contributed by atoms with E-state index in [1.807, 2.05) is 6.92 Å². The van der Waals surface area contributed by atoms with E-state index in [2.05, 4.69) is 13.2 Å². The van der Waals surface area contributed by atoms with E-state index in [0.717, 1.165) is 12.8 Å². The summed E-state index contributed by atoms with van der Waals surface area (Å²) in [6, 6.07) is 0. The van der Waals surface area contributed by atoms with Gasteiger partial charge in [0.25, 0.3) is 0 Å². The predicted molar refractivity (Wildman–Crippen MR) is 51.0 cm³/mol. The maximum atomic E-state index is 9.30. The number of hydrogen-bond donors (Lipinski definition) is 1. The quantitative estimate of drug-likeness (QED) is 0.591. The molecule has 0 aromatic carbocycles. The number of ether oxygens (including phenoxy) is 1. The van der Waals surface area contributed by atoms with Crippen molar-refractivity contribution < 1.29 is 9.84 Å². The van der Waals surface area contributed by atoms with Crippen LogP contribution in [-0.2, 0) is 4.74 Å². The lowest BCUT2D eigenvalue weighted by Crippen LogP contribution is -2.18. The van der Waals surface area contributed by atoms with Crippen molar-refractivity contribution >= 4 is 0 Å². The lowest BCUT2D eigenvalue weighted by Gasteiger charge is -2.13. The zero-order valence-electron chi connectivity index (χ0n) is 7.70. The normalized spacial score (nSPS) is 12.9. The van der Waals surface area contributed by atoms with Crippen molar-refractivity contribution in [2.75, 3.05) is 6.61 Å². The molecule has 0 aliphatic rings. The van der Waals surface area contributed by atoms with Gasteiger partial charge in [0.15, 0.2) is 0 Å². The molecule has 0 saturated heterocycles. The van der Waals surface area contributed by atoms with Crippen LogP contribution in [0.25, 0.3) is 0 Å². The third kappa shape index (κ3) is 5.10. The first-order valence-corrected chi connectivity index (χ1v) is 4.29.